The summed E-state index contributed by atoms with van der Waals surface area (Å²) in [6.07, 6.45) is 3.99. The minimum atomic E-state index is -2.20. The van der Waals surface area contributed by atoms with Crippen LogP contribution in [0.1, 0.15) is 23.6 Å². The first-order valence-electron chi connectivity index (χ1n) is 11.0. The van der Waals surface area contributed by atoms with Crippen molar-refractivity contribution in [2.24, 2.45) is 0 Å². The minimum absolute atomic E-state index is 0.0252. The smallest absolute Gasteiger partial charge is 0.347 e. The van der Waals surface area contributed by atoms with E-state index < -0.39 is 23.2 Å². The van der Waals surface area contributed by atoms with Crippen LogP contribution in [0.25, 0.3) is 0 Å². The van der Waals surface area contributed by atoms with Gasteiger partial charge in [0.15, 0.2) is 0 Å². The van der Waals surface area contributed by atoms with Crippen LogP contribution in [0.15, 0.2) is 91.3 Å². The SMILES string of the molecule is CC1N(CCOC(=O)C(O)(c2ccc(F)cc2)c2ccc(F)cc2)C=CN1Cc1ccccc1. The molecule has 1 atom stereocenters. The van der Waals surface area contributed by atoms with Crippen LogP contribution in [-0.4, -0.2) is 40.2 Å². The third-order valence-electron chi connectivity index (χ3n) is 6.02. The summed E-state index contributed by atoms with van der Waals surface area (Å²) in [5, 5.41) is 11.4. The number of hydrogen-bond acceptors (Lipinski definition) is 5. The fourth-order valence-corrected chi connectivity index (χ4v) is 3.98. The van der Waals surface area contributed by atoms with Gasteiger partial charge in [0.1, 0.15) is 18.2 Å². The maximum absolute atomic E-state index is 13.4. The molecule has 1 aliphatic heterocycles. The van der Waals surface area contributed by atoms with E-state index in [1.807, 2.05) is 35.5 Å². The second kappa shape index (κ2) is 10.1. The number of benzene rings is 3. The van der Waals surface area contributed by atoms with Crippen LogP contribution < -0.4 is 0 Å². The van der Waals surface area contributed by atoms with Gasteiger partial charge in [-0.05, 0) is 47.9 Å². The molecule has 0 spiro atoms. The van der Waals surface area contributed by atoms with Gasteiger partial charge >= 0.3 is 5.97 Å². The van der Waals surface area contributed by atoms with Gasteiger partial charge in [0.25, 0.3) is 0 Å². The number of rotatable bonds is 8. The summed E-state index contributed by atoms with van der Waals surface area (Å²) in [5.74, 6) is -1.93. The van der Waals surface area contributed by atoms with E-state index in [2.05, 4.69) is 24.0 Å². The van der Waals surface area contributed by atoms with Gasteiger partial charge in [-0.15, -0.1) is 0 Å². The predicted molar refractivity (Wildman–Crippen MR) is 124 cm³/mol. The van der Waals surface area contributed by atoms with E-state index >= 15 is 0 Å². The van der Waals surface area contributed by atoms with E-state index in [4.69, 9.17) is 4.74 Å². The zero-order valence-electron chi connectivity index (χ0n) is 18.8. The molecular formula is C27H26F2N2O3. The van der Waals surface area contributed by atoms with Crippen molar-refractivity contribution >= 4 is 5.97 Å². The summed E-state index contributed by atoms with van der Waals surface area (Å²) >= 11 is 0. The first-order chi connectivity index (χ1) is 16.4. The van der Waals surface area contributed by atoms with Gasteiger partial charge in [-0.25, -0.2) is 13.6 Å². The molecule has 1 unspecified atom stereocenters. The molecule has 7 heteroatoms. The molecule has 0 amide bonds. The van der Waals surface area contributed by atoms with Crippen LogP contribution in [0, 0.1) is 11.6 Å². The highest BCUT2D eigenvalue weighted by molar-refractivity contribution is 5.85. The Labute approximate surface area is 197 Å². The highest BCUT2D eigenvalue weighted by Gasteiger charge is 2.42. The zero-order chi connectivity index (χ0) is 24.1. The van der Waals surface area contributed by atoms with Gasteiger partial charge in [0.2, 0.25) is 5.60 Å². The summed E-state index contributed by atoms with van der Waals surface area (Å²) in [5.41, 5.74) is -0.744. The average molecular weight is 465 g/mol. The third-order valence-corrected chi connectivity index (χ3v) is 6.02. The molecule has 0 saturated heterocycles. The molecule has 1 aliphatic rings. The van der Waals surface area contributed by atoms with Crippen LogP contribution in [0.3, 0.4) is 0 Å². The van der Waals surface area contributed by atoms with E-state index in [1.54, 1.807) is 0 Å². The van der Waals surface area contributed by atoms with Crippen molar-refractivity contribution in [2.45, 2.75) is 25.2 Å². The first kappa shape index (κ1) is 23.4. The number of aliphatic hydroxyl groups is 1. The van der Waals surface area contributed by atoms with Gasteiger partial charge in [-0.3, -0.25) is 0 Å². The van der Waals surface area contributed by atoms with Crippen molar-refractivity contribution in [2.75, 3.05) is 13.2 Å². The van der Waals surface area contributed by atoms with Gasteiger partial charge in [-0.2, -0.15) is 0 Å². The van der Waals surface area contributed by atoms with Crippen molar-refractivity contribution in [1.82, 2.24) is 9.80 Å². The lowest BCUT2D eigenvalue weighted by atomic mass is 9.86. The lowest BCUT2D eigenvalue weighted by Gasteiger charge is -2.31. The van der Waals surface area contributed by atoms with E-state index in [9.17, 15) is 18.7 Å². The molecule has 0 bridgehead atoms. The highest BCUT2D eigenvalue weighted by atomic mass is 19.1. The molecule has 176 valence electrons. The van der Waals surface area contributed by atoms with E-state index in [0.29, 0.717) is 6.54 Å². The van der Waals surface area contributed by atoms with Crippen molar-refractivity contribution < 1.29 is 23.4 Å². The topological polar surface area (TPSA) is 53.0 Å². The van der Waals surface area contributed by atoms with E-state index in [0.717, 1.165) is 30.8 Å². The van der Waals surface area contributed by atoms with Crippen LogP contribution in [-0.2, 0) is 21.7 Å². The Balaban J connectivity index is 1.42. The lowest BCUT2D eigenvalue weighted by Crippen LogP contribution is -2.41. The summed E-state index contributed by atoms with van der Waals surface area (Å²) in [6.45, 7) is 3.25. The number of carbonyl (C=O) groups is 1. The van der Waals surface area contributed by atoms with Crippen molar-refractivity contribution in [3.05, 3.63) is 120 Å². The fourth-order valence-electron chi connectivity index (χ4n) is 3.98. The quantitative estimate of drug-likeness (QED) is 0.502. The molecule has 0 fully saturated rings. The van der Waals surface area contributed by atoms with E-state index in [1.165, 1.54) is 29.8 Å². The summed E-state index contributed by atoms with van der Waals surface area (Å²) < 4.78 is 32.4. The fraction of sp³-hybridized carbons (Fsp3) is 0.222. The van der Waals surface area contributed by atoms with Crippen LogP contribution in [0.4, 0.5) is 8.78 Å². The molecule has 3 aromatic carbocycles. The predicted octanol–water partition coefficient (Wildman–Crippen LogP) is 4.38. The molecule has 1 N–H and O–H groups in total. The second-order valence-electron chi connectivity index (χ2n) is 8.19. The summed E-state index contributed by atoms with van der Waals surface area (Å²) in [4.78, 5) is 17.3. The molecule has 0 radical (unpaired) electrons. The maximum Gasteiger partial charge on any atom is 0.347 e. The third kappa shape index (κ3) is 4.94. The maximum atomic E-state index is 13.4. The van der Waals surface area contributed by atoms with Gasteiger partial charge < -0.3 is 19.6 Å². The van der Waals surface area contributed by atoms with Crippen LogP contribution >= 0.6 is 0 Å². The summed E-state index contributed by atoms with van der Waals surface area (Å²) in [6, 6.07) is 20.0. The standard InChI is InChI=1S/C27H26F2N2O3/c1-20-30(15-16-31(20)19-21-5-3-2-4-6-21)17-18-34-26(32)27(33,22-7-11-24(28)12-8-22)23-9-13-25(29)14-10-23/h2-16,20,33H,17-19H2,1H3. The average Bonchev–Trinajstić information content (AvgIpc) is 3.19. The number of hydrogen-bond donors (Lipinski definition) is 1. The summed E-state index contributed by atoms with van der Waals surface area (Å²) in [7, 11) is 0. The number of ether oxygens (including phenoxy) is 1. The molecule has 0 aliphatic carbocycles. The van der Waals surface area contributed by atoms with E-state index in [-0.39, 0.29) is 23.9 Å². The Morgan fingerprint density at radius 1 is 0.882 bits per heavy atom. The van der Waals surface area contributed by atoms with Crippen LogP contribution in [0.2, 0.25) is 0 Å². The Morgan fingerprint density at radius 3 is 1.97 bits per heavy atom. The number of esters is 1. The van der Waals surface area contributed by atoms with Crippen LogP contribution in [0.5, 0.6) is 0 Å². The normalized spacial score (nSPS) is 15.6. The molecule has 0 aromatic heterocycles. The number of halogens is 2. The zero-order valence-corrected chi connectivity index (χ0v) is 18.8. The molecule has 34 heavy (non-hydrogen) atoms. The van der Waals surface area contributed by atoms with Crippen molar-refractivity contribution in [3.8, 4) is 0 Å². The highest BCUT2D eigenvalue weighted by Crippen LogP contribution is 2.31. The van der Waals surface area contributed by atoms with Crippen molar-refractivity contribution in [1.29, 1.82) is 0 Å². The largest absolute Gasteiger partial charge is 0.461 e. The molecule has 5 nitrogen and oxygen atoms in total. The second-order valence-corrected chi connectivity index (χ2v) is 8.19. The monoisotopic (exact) mass is 464 g/mol. The molecule has 0 saturated carbocycles. The Kier molecular flexibility index (Phi) is 6.93. The molecule has 4 rings (SSSR count). The van der Waals surface area contributed by atoms with Gasteiger partial charge in [0, 0.05) is 18.9 Å². The van der Waals surface area contributed by atoms with Crippen molar-refractivity contribution in [3.63, 3.8) is 0 Å². The number of nitrogens with zero attached hydrogens (tertiary/aromatic N) is 2. The lowest BCUT2D eigenvalue weighted by molar-refractivity contribution is -0.162. The van der Waals surface area contributed by atoms with Gasteiger partial charge in [-0.1, -0.05) is 54.6 Å². The minimum Gasteiger partial charge on any atom is -0.461 e. The Bertz CT molecular complexity index is 1090. The molecule has 1 heterocycles. The Hall–Kier alpha value is -3.71. The Morgan fingerprint density at radius 2 is 1.41 bits per heavy atom. The van der Waals surface area contributed by atoms with Gasteiger partial charge in [0.05, 0.1) is 12.7 Å². The molecular weight excluding hydrogens is 438 g/mol. The first-order valence-corrected chi connectivity index (χ1v) is 11.0. The molecule has 3 aromatic rings. The number of carbonyl (C=O) groups excluding carboxylic acids is 1.